The van der Waals surface area contributed by atoms with Crippen molar-refractivity contribution in [1.29, 1.82) is 5.26 Å². The zero-order valence-corrected chi connectivity index (χ0v) is 18.7. The highest BCUT2D eigenvalue weighted by Crippen LogP contribution is 2.22. The molecule has 10 heteroatoms. The van der Waals surface area contributed by atoms with Gasteiger partial charge in [0.1, 0.15) is 0 Å². The summed E-state index contributed by atoms with van der Waals surface area (Å²) in [7, 11) is -3.98. The highest BCUT2D eigenvalue weighted by molar-refractivity contribution is 7.92. The van der Waals surface area contributed by atoms with E-state index < -0.39 is 28.5 Å². The molecule has 0 aliphatic carbocycles. The van der Waals surface area contributed by atoms with E-state index >= 15 is 0 Å². The van der Waals surface area contributed by atoms with E-state index in [9.17, 15) is 18.0 Å². The van der Waals surface area contributed by atoms with Crippen molar-refractivity contribution in [3.8, 4) is 6.07 Å². The fourth-order valence-corrected chi connectivity index (χ4v) is 3.98. The average Bonchev–Trinajstić information content (AvgIpc) is 2.79. The molecule has 1 amide bonds. The van der Waals surface area contributed by atoms with Crippen LogP contribution in [0.1, 0.15) is 15.9 Å². The summed E-state index contributed by atoms with van der Waals surface area (Å²) < 4.78 is 32.7. The van der Waals surface area contributed by atoms with E-state index in [2.05, 4.69) is 10.0 Å². The smallest absolute Gasteiger partial charge is 0.340 e. The monoisotopic (exact) mass is 483 g/mol. The van der Waals surface area contributed by atoms with Gasteiger partial charge >= 0.3 is 5.97 Å². The summed E-state index contributed by atoms with van der Waals surface area (Å²) in [5.41, 5.74) is 1.24. The van der Waals surface area contributed by atoms with Crippen LogP contribution in [0.5, 0.6) is 0 Å². The Kier molecular flexibility index (Phi) is 7.66. The van der Waals surface area contributed by atoms with Crippen molar-refractivity contribution in [3.63, 3.8) is 0 Å². The van der Waals surface area contributed by atoms with Crippen LogP contribution in [-0.2, 0) is 26.0 Å². The predicted octanol–water partition coefficient (Wildman–Crippen LogP) is 4.00. The van der Waals surface area contributed by atoms with Gasteiger partial charge in [-0.1, -0.05) is 35.9 Å². The van der Waals surface area contributed by atoms with E-state index in [0.29, 0.717) is 10.7 Å². The van der Waals surface area contributed by atoms with Gasteiger partial charge in [0.25, 0.3) is 15.9 Å². The second-order valence-corrected chi connectivity index (χ2v) is 8.88. The van der Waals surface area contributed by atoms with Crippen molar-refractivity contribution in [3.05, 3.63) is 88.9 Å². The standard InChI is InChI=1S/C23H18ClN3O5S/c24-17-7-11-19(12-8-17)33(30,31)27-21-4-2-1-3-20(21)23(29)32-15-22(28)26-18-9-5-16(6-10-18)13-14-25/h1-12,27H,13,15H2,(H,26,28). The largest absolute Gasteiger partial charge is 0.452 e. The normalized spacial score (nSPS) is 10.7. The maximum Gasteiger partial charge on any atom is 0.340 e. The van der Waals surface area contributed by atoms with Gasteiger partial charge in [0.2, 0.25) is 0 Å². The molecule has 168 valence electrons. The fraction of sp³-hybridized carbons (Fsp3) is 0.0870. The van der Waals surface area contributed by atoms with Crippen LogP contribution in [0.15, 0.2) is 77.7 Å². The first kappa shape index (κ1) is 23.8. The van der Waals surface area contributed by atoms with Gasteiger partial charge in [-0.3, -0.25) is 9.52 Å². The van der Waals surface area contributed by atoms with Crippen molar-refractivity contribution in [2.75, 3.05) is 16.6 Å². The first-order chi connectivity index (χ1) is 15.8. The number of hydrogen-bond donors (Lipinski definition) is 2. The van der Waals surface area contributed by atoms with Crippen molar-refractivity contribution < 1.29 is 22.7 Å². The van der Waals surface area contributed by atoms with Gasteiger partial charge in [0, 0.05) is 10.7 Å². The topological polar surface area (TPSA) is 125 Å². The molecule has 0 fully saturated rings. The van der Waals surface area contributed by atoms with Gasteiger partial charge in [-0.05, 0) is 54.1 Å². The van der Waals surface area contributed by atoms with Gasteiger partial charge in [0.15, 0.2) is 6.61 Å². The number of halogens is 1. The quantitative estimate of drug-likeness (QED) is 0.466. The second kappa shape index (κ2) is 10.6. The number of amides is 1. The Morgan fingerprint density at radius 2 is 1.64 bits per heavy atom. The minimum absolute atomic E-state index is 0.00550. The number of nitrogens with one attached hydrogen (secondary N) is 2. The zero-order chi connectivity index (χ0) is 23.8. The van der Waals surface area contributed by atoms with Crippen LogP contribution in [0.2, 0.25) is 5.02 Å². The lowest BCUT2D eigenvalue weighted by Crippen LogP contribution is -2.22. The Balaban J connectivity index is 1.64. The van der Waals surface area contributed by atoms with E-state index in [4.69, 9.17) is 21.6 Å². The number of para-hydroxylation sites is 1. The van der Waals surface area contributed by atoms with Crippen LogP contribution >= 0.6 is 11.6 Å². The number of carbonyl (C=O) groups is 2. The maximum atomic E-state index is 12.6. The molecule has 0 aliphatic heterocycles. The lowest BCUT2D eigenvalue weighted by Gasteiger charge is -2.12. The third-order valence-corrected chi connectivity index (χ3v) is 6.00. The lowest BCUT2D eigenvalue weighted by atomic mass is 10.1. The van der Waals surface area contributed by atoms with Crippen molar-refractivity contribution in [2.24, 2.45) is 0 Å². The van der Waals surface area contributed by atoms with Crippen LogP contribution in [0.25, 0.3) is 0 Å². The first-order valence-electron chi connectivity index (χ1n) is 9.59. The molecule has 3 aromatic carbocycles. The summed E-state index contributed by atoms with van der Waals surface area (Å²) in [5, 5.41) is 11.6. The molecule has 0 aliphatic rings. The number of rotatable bonds is 8. The molecule has 0 aromatic heterocycles. The third kappa shape index (κ3) is 6.55. The second-order valence-electron chi connectivity index (χ2n) is 6.76. The zero-order valence-electron chi connectivity index (χ0n) is 17.1. The Bertz CT molecular complexity index is 1300. The van der Waals surface area contributed by atoms with Crippen LogP contribution in [0, 0.1) is 11.3 Å². The summed E-state index contributed by atoms with van der Waals surface area (Å²) in [4.78, 5) is 24.6. The van der Waals surface area contributed by atoms with Gasteiger partial charge in [-0.15, -0.1) is 0 Å². The number of carbonyl (C=O) groups excluding carboxylic acids is 2. The molecule has 0 saturated heterocycles. The molecule has 0 spiro atoms. The maximum absolute atomic E-state index is 12.6. The molecule has 0 unspecified atom stereocenters. The van der Waals surface area contributed by atoms with Crippen molar-refractivity contribution in [2.45, 2.75) is 11.3 Å². The van der Waals surface area contributed by atoms with Crippen molar-refractivity contribution in [1.82, 2.24) is 0 Å². The molecule has 8 nitrogen and oxygen atoms in total. The van der Waals surface area contributed by atoms with E-state index in [-0.39, 0.29) is 22.6 Å². The van der Waals surface area contributed by atoms with E-state index in [1.165, 1.54) is 36.4 Å². The number of hydrogen-bond acceptors (Lipinski definition) is 6. The van der Waals surface area contributed by atoms with Crippen LogP contribution in [0.4, 0.5) is 11.4 Å². The number of nitriles is 1. The van der Waals surface area contributed by atoms with Crippen molar-refractivity contribution >= 4 is 44.9 Å². The molecule has 0 heterocycles. The number of ether oxygens (including phenoxy) is 1. The molecular formula is C23H18ClN3O5S. The number of esters is 1. The molecule has 33 heavy (non-hydrogen) atoms. The molecule has 3 rings (SSSR count). The molecule has 2 N–H and O–H groups in total. The van der Waals surface area contributed by atoms with Crippen LogP contribution < -0.4 is 10.0 Å². The molecule has 0 radical (unpaired) electrons. The van der Waals surface area contributed by atoms with Gasteiger partial charge in [-0.2, -0.15) is 5.26 Å². The summed E-state index contributed by atoms with van der Waals surface area (Å²) in [6.07, 6.45) is 0.257. The predicted molar refractivity (Wildman–Crippen MR) is 123 cm³/mol. The highest BCUT2D eigenvalue weighted by atomic mass is 35.5. The summed E-state index contributed by atoms with van der Waals surface area (Å²) >= 11 is 5.80. The Labute approximate surface area is 195 Å². The van der Waals surface area contributed by atoms with Gasteiger partial charge in [-0.25, -0.2) is 13.2 Å². The number of benzene rings is 3. The minimum atomic E-state index is -3.98. The summed E-state index contributed by atoms with van der Waals surface area (Å²) in [6, 6.07) is 20.1. The first-order valence-corrected chi connectivity index (χ1v) is 11.4. The molecule has 0 saturated carbocycles. The van der Waals surface area contributed by atoms with Crippen LogP contribution in [0.3, 0.4) is 0 Å². The Hall–Kier alpha value is -3.87. The molecular weight excluding hydrogens is 466 g/mol. The average molecular weight is 484 g/mol. The van der Waals surface area contributed by atoms with Gasteiger partial charge in [0.05, 0.1) is 28.6 Å². The van der Waals surface area contributed by atoms with Crippen LogP contribution in [-0.4, -0.2) is 26.9 Å². The minimum Gasteiger partial charge on any atom is -0.452 e. The summed E-state index contributed by atoms with van der Waals surface area (Å²) in [6.45, 7) is -0.572. The summed E-state index contributed by atoms with van der Waals surface area (Å²) in [5.74, 6) is -1.44. The highest BCUT2D eigenvalue weighted by Gasteiger charge is 2.20. The number of sulfonamides is 1. The fourth-order valence-electron chi connectivity index (χ4n) is 2.77. The van der Waals surface area contributed by atoms with E-state index in [1.54, 1.807) is 36.4 Å². The molecule has 0 atom stereocenters. The third-order valence-electron chi connectivity index (χ3n) is 4.37. The number of anilines is 2. The van der Waals surface area contributed by atoms with E-state index in [1.807, 2.05) is 6.07 Å². The Morgan fingerprint density at radius 3 is 2.30 bits per heavy atom. The molecule has 0 bridgehead atoms. The van der Waals surface area contributed by atoms with Gasteiger partial charge < -0.3 is 10.1 Å². The van der Waals surface area contributed by atoms with E-state index in [0.717, 1.165) is 5.56 Å². The lowest BCUT2D eigenvalue weighted by molar-refractivity contribution is -0.119. The molecule has 3 aromatic rings. The Morgan fingerprint density at radius 1 is 0.970 bits per heavy atom. The number of nitrogens with zero attached hydrogens (tertiary/aromatic N) is 1. The SMILES string of the molecule is N#CCc1ccc(NC(=O)COC(=O)c2ccccc2NS(=O)(=O)c2ccc(Cl)cc2)cc1.